The molecule has 10 heteroatoms. The van der Waals surface area contributed by atoms with Crippen molar-refractivity contribution in [2.45, 2.75) is 37.7 Å². The largest absolute Gasteiger partial charge is 0.497 e. The van der Waals surface area contributed by atoms with Crippen molar-refractivity contribution in [2.24, 2.45) is 0 Å². The van der Waals surface area contributed by atoms with Crippen molar-refractivity contribution in [1.29, 1.82) is 0 Å². The van der Waals surface area contributed by atoms with Crippen LogP contribution in [0.2, 0.25) is 0 Å². The molecule has 0 unspecified atom stereocenters. The number of benzene rings is 2. The molecule has 1 atom stereocenters. The van der Waals surface area contributed by atoms with Gasteiger partial charge >= 0.3 is 0 Å². The number of hydrogen-bond acceptors (Lipinski definition) is 6. The SMILES string of the molecule is COc1ccc(S(=O)(=O)NCC(=O)N(CC(=O)NC[C@H]2CCCO2)c2cc(C)ccc2C)cc1. The fourth-order valence-corrected chi connectivity index (χ4v) is 4.62. The van der Waals surface area contributed by atoms with Crippen molar-refractivity contribution >= 4 is 27.5 Å². The molecule has 2 aromatic rings. The van der Waals surface area contributed by atoms with Crippen molar-refractivity contribution in [2.75, 3.05) is 38.3 Å². The van der Waals surface area contributed by atoms with E-state index in [1.807, 2.05) is 26.0 Å². The number of carbonyl (C=O) groups excluding carboxylic acids is 2. The zero-order chi connectivity index (χ0) is 24.7. The van der Waals surface area contributed by atoms with Gasteiger partial charge in [0, 0.05) is 18.8 Å². The van der Waals surface area contributed by atoms with Crippen LogP contribution in [0, 0.1) is 13.8 Å². The Kier molecular flexibility index (Phi) is 8.65. The van der Waals surface area contributed by atoms with Crippen LogP contribution in [0.3, 0.4) is 0 Å². The third-order valence-electron chi connectivity index (χ3n) is 5.59. The van der Waals surface area contributed by atoms with Crippen LogP contribution in [0.4, 0.5) is 5.69 Å². The van der Waals surface area contributed by atoms with Crippen LogP contribution in [0.1, 0.15) is 24.0 Å². The quantitative estimate of drug-likeness (QED) is 0.527. The molecular weight excluding hydrogens is 458 g/mol. The number of methoxy groups -OCH3 is 1. The fourth-order valence-electron chi connectivity index (χ4n) is 3.64. The summed E-state index contributed by atoms with van der Waals surface area (Å²) in [6, 6.07) is 11.4. The number of anilines is 1. The Morgan fingerprint density at radius 3 is 2.53 bits per heavy atom. The number of rotatable bonds is 10. The van der Waals surface area contributed by atoms with Crippen molar-refractivity contribution in [3.8, 4) is 5.75 Å². The number of aryl methyl sites for hydroxylation is 2. The van der Waals surface area contributed by atoms with Crippen molar-refractivity contribution < 1.29 is 27.5 Å². The molecule has 184 valence electrons. The molecule has 2 amide bonds. The first-order valence-corrected chi connectivity index (χ1v) is 12.6. The van der Waals surface area contributed by atoms with Crippen LogP contribution in [-0.2, 0) is 24.3 Å². The summed E-state index contributed by atoms with van der Waals surface area (Å²) in [6.45, 7) is 4.04. The van der Waals surface area contributed by atoms with Gasteiger partial charge in [-0.3, -0.25) is 9.59 Å². The van der Waals surface area contributed by atoms with Crippen LogP contribution in [-0.4, -0.2) is 59.7 Å². The summed E-state index contributed by atoms with van der Waals surface area (Å²) in [7, 11) is -2.45. The average Bonchev–Trinajstić information content (AvgIpc) is 3.35. The summed E-state index contributed by atoms with van der Waals surface area (Å²) in [4.78, 5) is 27.1. The van der Waals surface area contributed by atoms with Gasteiger partial charge in [0.05, 0.1) is 24.7 Å². The standard InChI is InChI=1S/C24H31N3O6S/c1-17-6-7-18(2)22(13-17)27(16-23(28)25-14-20-5-4-12-33-20)24(29)15-26-34(30,31)21-10-8-19(32-3)9-11-21/h6-11,13,20,26H,4-5,12,14-16H2,1-3H3,(H,25,28)/t20-/m1/s1. The lowest BCUT2D eigenvalue weighted by atomic mass is 10.1. The maximum absolute atomic E-state index is 13.2. The minimum absolute atomic E-state index is 0.00805. The Bertz CT molecular complexity index is 1110. The molecule has 0 spiro atoms. The van der Waals surface area contributed by atoms with Gasteiger partial charge in [-0.25, -0.2) is 13.1 Å². The molecule has 1 fully saturated rings. The number of ether oxygens (including phenoxy) is 2. The van der Waals surface area contributed by atoms with Gasteiger partial charge in [-0.2, -0.15) is 0 Å². The molecule has 1 aliphatic heterocycles. The zero-order valence-electron chi connectivity index (χ0n) is 19.7. The second kappa shape index (κ2) is 11.5. The molecule has 0 saturated carbocycles. The second-order valence-corrected chi connectivity index (χ2v) is 9.98. The summed E-state index contributed by atoms with van der Waals surface area (Å²) in [5.41, 5.74) is 2.27. The smallest absolute Gasteiger partial charge is 0.242 e. The number of sulfonamides is 1. The van der Waals surface area contributed by atoms with E-state index < -0.39 is 22.5 Å². The van der Waals surface area contributed by atoms with E-state index >= 15 is 0 Å². The van der Waals surface area contributed by atoms with Crippen LogP contribution >= 0.6 is 0 Å². The molecule has 9 nitrogen and oxygen atoms in total. The summed E-state index contributed by atoms with van der Waals surface area (Å²) in [5.74, 6) is -0.369. The topological polar surface area (TPSA) is 114 Å². The van der Waals surface area contributed by atoms with Crippen LogP contribution in [0.15, 0.2) is 47.4 Å². The zero-order valence-corrected chi connectivity index (χ0v) is 20.5. The summed E-state index contributed by atoms with van der Waals surface area (Å²) >= 11 is 0. The number of nitrogens with zero attached hydrogens (tertiary/aromatic N) is 1. The molecule has 2 aromatic carbocycles. The van der Waals surface area contributed by atoms with E-state index in [4.69, 9.17) is 9.47 Å². The number of hydrogen-bond donors (Lipinski definition) is 2. The van der Waals surface area contributed by atoms with Crippen molar-refractivity contribution in [1.82, 2.24) is 10.0 Å². The van der Waals surface area contributed by atoms with Gasteiger partial charge in [-0.1, -0.05) is 12.1 Å². The molecule has 2 N–H and O–H groups in total. The van der Waals surface area contributed by atoms with Gasteiger partial charge in [0.15, 0.2) is 0 Å². The van der Waals surface area contributed by atoms with E-state index in [9.17, 15) is 18.0 Å². The molecule has 3 rings (SSSR count). The number of amides is 2. The van der Waals surface area contributed by atoms with E-state index in [2.05, 4.69) is 10.0 Å². The van der Waals surface area contributed by atoms with E-state index in [1.54, 1.807) is 6.07 Å². The summed E-state index contributed by atoms with van der Waals surface area (Å²) < 4.78 is 38.3. The molecule has 1 saturated heterocycles. The number of carbonyl (C=O) groups is 2. The van der Waals surface area contributed by atoms with Gasteiger partial charge in [-0.15, -0.1) is 0 Å². The Hall–Kier alpha value is -2.95. The average molecular weight is 490 g/mol. The van der Waals surface area contributed by atoms with Crippen molar-refractivity contribution in [3.63, 3.8) is 0 Å². The Morgan fingerprint density at radius 1 is 1.15 bits per heavy atom. The molecule has 0 aliphatic carbocycles. The molecule has 0 bridgehead atoms. The lowest BCUT2D eigenvalue weighted by Gasteiger charge is -2.25. The van der Waals surface area contributed by atoms with E-state index in [-0.39, 0.29) is 23.5 Å². The van der Waals surface area contributed by atoms with Gasteiger partial charge in [0.25, 0.3) is 0 Å². The normalized spacial score (nSPS) is 15.7. The first-order chi connectivity index (χ1) is 16.2. The Labute approximate surface area is 200 Å². The highest BCUT2D eigenvalue weighted by molar-refractivity contribution is 7.89. The third kappa shape index (κ3) is 6.78. The van der Waals surface area contributed by atoms with Crippen LogP contribution < -0.4 is 19.7 Å². The van der Waals surface area contributed by atoms with Crippen LogP contribution in [0.5, 0.6) is 5.75 Å². The highest BCUT2D eigenvalue weighted by Crippen LogP contribution is 2.22. The lowest BCUT2D eigenvalue weighted by Crippen LogP contribution is -2.46. The predicted molar refractivity (Wildman–Crippen MR) is 128 cm³/mol. The highest BCUT2D eigenvalue weighted by Gasteiger charge is 2.24. The molecule has 1 heterocycles. The Morgan fingerprint density at radius 2 is 1.88 bits per heavy atom. The predicted octanol–water partition coefficient (Wildman–Crippen LogP) is 1.92. The van der Waals surface area contributed by atoms with Gasteiger partial charge in [0.2, 0.25) is 21.8 Å². The van der Waals surface area contributed by atoms with E-state index in [1.165, 1.54) is 36.3 Å². The minimum atomic E-state index is -3.93. The monoisotopic (exact) mass is 489 g/mol. The number of nitrogens with one attached hydrogen (secondary N) is 2. The van der Waals surface area contributed by atoms with Gasteiger partial charge in [0.1, 0.15) is 12.3 Å². The highest BCUT2D eigenvalue weighted by atomic mass is 32.2. The van der Waals surface area contributed by atoms with Crippen molar-refractivity contribution in [3.05, 3.63) is 53.6 Å². The summed E-state index contributed by atoms with van der Waals surface area (Å²) in [5, 5.41) is 2.81. The minimum Gasteiger partial charge on any atom is -0.497 e. The third-order valence-corrected chi connectivity index (χ3v) is 7.01. The fraction of sp³-hybridized carbons (Fsp3) is 0.417. The second-order valence-electron chi connectivity index (χ2n) is 8.21. The lowest BCUT2D eigenvalue weighted by molar-refractivity contribution is -0.123. The molecule has 0 radical (unpaired) electrons. The first kappa shape index (κ1) is 25.7. The van der Waals surface area contributed by atoms with Gasteiger partial charge in [-0.05, 0) is 68.1 Å². The first-order valence-electron chi connectivity index (χ1n) is 11.1. The molecule has 34 heavy (non-hydrogen) atoms. The maximum Gasteiger partial charge on any atom is 0.242 e. The van der Waals surface area contributed by atoms with Crippen LogP contribution in [0.25, 0.3) is 0 Å². The Balaban J connectivity index is 1.72. The van der Waals surface area contributed by atoms with E-state index in [0.29, 0.717) is 24.6 Å². The molecule has 0 aromatic heterocycles. The molecular formula is C24H31N3O6S. The van der Waals surface area contributed by atoms with Gasteiger partial charge < -0.3 is 19.7 Å². The maximum atomic E-state index is 13.2. The van der Waals surface area contributed by atoms with E-state index in [0.717, 1.165) is 24.0 Å². The summed E-state index contributed by atoms with van der Waals surface area (Å²) in [6.07, 6.45) is 1.82. The molecule has 1 aliphatic rings.